The lowest BCUT2D eigenvalue weighted by molar-refractivity contribution is 0.199. The maximum atomic E-state index is 6.17. The summed E-state index contributed by atoms with van der Waals surface area (Å²) in [5.41, 5.74) is 2.50. The summed E-state index contributed by atoms with van der Waals surface area (Å²) in [5.74, 6) is 0. The molecule has 0 heterocycles. The number of methoxy groups -OCH3 is 1. The molecule has 0 fully saturated rings. The van der Waals surface area contributed by atoms with E-state index >= 15 is 0 Å². The molecule has 114 valence electrons. The zero-order valence-corrected chi connectivity index (χ0v) is 13.8. The third kappa shape index (κ3) is 4.97. The van der Waals surface area contributed by atoms with Gasteiger partial charge in [-0.1, -0.05) is 31.5 Å². The molecule has 0 aliphatic heterocycles. The van der Waals surface area contributed by atoms with Gasteiger partial charge in [0.2, 0.25) is 0 Å². The number of halogens is 1. The molecule has 3 nitrogen and oxygen atoms in total. The Bertz CT molecular complexity index is 394. The van der Waals surface area contributed by atoms with Crippen LogP contribution >= 0.6 is 11.6 Å². The first-order chi connectivity index (χ1) is 9.63. The van der Waals surface area contributed by atoms with Gasteiger partial charge in [0.15, 0.2) is 0 Å². The third-order valence-corrected chi connectivity index (χ3v) is 3.95. The van der Waals surface area contributed by atoms with Gasteiger partial charge in [0.05, 0.1) is 6.61 Å². The number of benzene rings is 1. The number of nitrogens with zero attached hydrogens (tertiary/aromatic N) is 1. The summed E-state index contributed by atoms with van der Waals surface area (Å²) in [4.78, 5) is 2.35. The lowest BCUT2D eigenvalue weighted by atomic mass is 10.1. The average Bonchev–Trinajstić information content (AvgIpc) is 2.46. The number of ether oxygens (including phenoxy) is 1. The minimum Gasteiger partial charge on any atom is -0.383 e. The van der Waals surface area contributed by atoms with Gasteiger partial charge < -0.3 is 15.0 Å². The second-order valence-electron chi connectivity index (χ2n) is 5.02. The molecular formula is C16H27ClN2O. The number of hydrogen-bond acceptors (Lipinski definition) is 3. The van der Waals surface area contributed by atoms with E-state index in [-0.39, 0.29) is 0 Å². The fraction of sp³-hybridized carbons (Fsp3) is 0.625. The van der Waals surface area contributed by atoms with Crippen LogP contribution in [0.5, 0.6) is 0 Å². The summed E-state index contributed by atoms with van der Waals surface area (Å²) in [5, 5.41) is 4.19. The van der Waals surface area contributed by atoms with Gasteiger partial charge in [0.1, 0.15) is 0 Å². The van der Waals surface area contributed by atoms with E-state index in [9.17, 15) is 0 Å². The molecule has 20 heavy (non-hydrogen) atoms. The standard InChI is InChI=1S/C16H27ClN2O/c1-5-15(6-2)19(3)16-11-14(17)8-7-13(16)12-18-9-10-20-4/h7-8,11,15,18H,5-6,9-10,12H2,1-4H3. The van der Waals surface area contributed by atoms with Gasteiger partial charge in [0.25, 0.3) is 0 Å². The van der Waals surface area contributed by atoms with E-state index in [0.29, 0.717) is 6.04 Å². The molecule has 0 spiro atoms. The molecule has 0 aliphatic rings. The van der Waals surface area contributed by atoms with E-state index in [2.05, 4.69) is 43.2 Å². The van der Waals surface area contributed by atoms with Gasteiger partial charge in [-0.2, -0.15) is 0 Å². The highest BCUT2D eigenvalue weighted by atomic mass is 35.5. The van der Waals surface area contributed by atoms with Gasteiger partial charge in [-0.05, 0) is 30.5 Å². The van der Waals surface area contributed by atoms with Crippen LogP contribution in [0.15, 0.2) is 18.2 Å². The van der Waals surface area contributed by atoms with Crippen molar-refractivity contribution in [3.05, 3.63) is 28.8 Å². The highest BCUT2D eigenvalue weighted by molar-refractivity contribution is 6.30. The van der Waals surface area contributed by atoms with Crippen molar-refractivity contribution >= 4 is 17.3 Å². The Labute approximate surface area is 128 Å². The number of hydrogen-bond donors (Lipinski definition) is 1. The fourth-order valence-electron chi connectivity index (χ4n) is 2.45. The van der Waals surface area contributed by atoms with E-state index in [1.54, 1.807) is 7.11 Å². The SMILES string of the molecule is CCC(CC)N(C)c1cc(Cl)ccc1CNCCOC. The molecule has 4 heteroatoms. The molecule has 0 atom stereocenters. The second kappa shape index (κ2) is 9.22. The molecule has 0 bridgehead atoms. The van der Waals surface area contributed by atoms with Crippen LogP contribution in [0.4, 0.5) is 5.69 Å². The Hall–Kier alpha value is -0.770. The monoisotopic (exact) mass is 298 g/mol. The summed E-state index contributed by atoms with van der Waals surface area (Å²) < 4.78 is 5.06. The van der Waals surface area contributed by atoms with Gasteiger partial charge in [-0.15, -0.1) is 0 Å². The Morgan fingerprint density at radius 1 is 1.30 bits per heavy atom. The van der Waals surface area contributed by atoms with Crippen molar-refractivity contribution in [2.75, 3.05) is 32.2 Å². The fourth-order valence-corrected chi connectivity index (χ4v) is 2.61. The smallest absolute Gasteiger partial charge is 0.0587 e. The first-order valence-corrected chi connectivity index (χ1v) is 7.72. The summed E-state index contributed by atoms with van der Waals surface area (Å²) in [7, 11) is 3.87. The van der Waals surface area contributed by atoms with Crippen LogP contribution in [0.25, 0.3) is 0 Å². The van der Waals surface area contributed by atoms with Crippen molar-refractivity contribution < 1.29 is 4.74 Å². The molecule has 0 saturated carbocycles. The summed E-state index contributed by atoms with van der Waals surface area (Å²) in [6.07, 6.45) is 2.27. The maximum absolute atomic E-state index is 6.17. The highest BCUT2D eigenvalue weighted by Gasteiger charge is 2.14. The summed E-state index contributed by atoms with van der Waals surface area (Å²) >= 11 is 6.17. The van der Waals surface area contributed by atoms with Crippen LogP contribution < -0.4 is 10.2 Å². The van der Waals surface area contributed by atoms with Gasteiger partial charge in [-0.25, -0.2) is 0 Å². The largest absolute Gasteiger partial charge is 0.383 e. The lowest BCUT2D eigenvalue weighted by Crippen LogP contribution is -2.32. The van der Waals surface area contributed by atoms with Crippen LogP contribution in [0.3, 0.4) is 0 Å². The molecular weight excluding hydrogens is 272 g/mol. The van der Waals surface area contributed by atoms with Crippen molar-refractivity contribution in [3.63, 3.8) is 0 Å². The van der Waals surface area contributed by atoms with Crippen molar-refractivity contribution in [2.24, 2.45) is 0 Å². The van der Waals surface area contributed by atoms with E-state index in [4.69, 9.17) is 16.3 Å². The summed E-state index contributed by atoms with van der Waals surface area (Å²) in [6, 6.07) is 6.68. The van der Waals surface area contributed by atoms with E-state index in [1.807, 2.05) is 6.07 Å². The summed E-state index contributed by atoms with van der Waals surface area (Å²) in [6.45, 7) is 6.87. The molecule has 0 aliphatic carbocycles. The molecule has 0 radical (unpaired) electrons. The highest BCUT2D eigenvalue weighted by Crippen LogP contribution is 2.27. The van der Waals surface area contributed by atoms with Crippen LogP contribution in [0.1, 0.15) is 32.3 Å². The van der Waals surface area contributed by atoms with Gasteiger partial charge >= 0.3 is 0 Å². The Kier molecular flexibility index (Phi) is 7.97. The molecule has 1 aromatic carbocycles. The molecule has 0 aromatic heterocycles. The third-order valence-electron chi connectivity index (χ3n) is 3.72. The normalized spacial score (nSPS) is 11.1. The Balaban J connectivity index is 2.83. The molecule has 1 N–H and O–H groups in total. The topological polar surface area (TPSA) is 24.5 Å². The van der Waals surface area contributed by atoms with Crippen LogP contribution in [-0.4, -0.2) is 33.4 Å². The number of rotatable bonds is 9. The maximum Gasteiger partial charge on any atom is 0.0587 e. The van der Waals surface area contributed by atoms with E-state index < -0.39 is 0 Å². The van der Waals surface area contributed by atoms with Crippen LogP contribution in [-0.2, 0) is 11.3 Å². The molecule has 0 unspecified atom stereocenters. The Morgan fingerprint density at radius 3 is 2.60 bits per heavy atom. The lowest BCUT2D eigenvalue weighted by Gasteiger charge is -2.30. The van der Waals surface area contributed by atoms with Crippen LogP contribution in [0.2, 0.25) is 5.02 Å². The molecule has 1 rings (SSSR count). The van der Waals surface area contributed by atoms with Crippen molar-refractivity contribution in [1.29, 1.82) is 0 Å². The first kappa shape index (κ1) is 17.3. The molecule has 0 saturated heterocycles. The number of anilines is 1. The average molecular weight is 299 g/mol. The zero-order valence-electron chi connectivity index (χ0n) is 13.1. The van der Waals surface area contributed by atoms with E-state index in [0.717, 1.165) is 37.6 Å². The Morgan fingerprint density at radius 2 is 2.00 bits per heavy atom. The minimum atomic E-state index is 0.547. The minimum absolute atomic E-state index is 0.547. The van der Waals surface area contributed by atoms with E-state index in [1.165, 1.54) is 11.3 Å². The zero-order chi connectivity index (χ0) is 15.0. The first-order valence-electron chi connectivity index (χ1n) is 7.34. The molecule has 1 aromatic rings. The number of nitrogens with one attached hydrogen (secondary N) is 1. The predicted molar refractivity (Wildman–Crippen MR) is 87.8 cm³/mol. The van der Waals surface area contributed by atoms with Crippen molar-refractivity contribution in [3.8, 4) is 0 Å². The van der Waals surface area contributed by atoms with Gasteiger partial charge in [-0.3, -0.25) is 0 Å². The van der Waals surface area contributed by atoms with Crippen molar-refractivity contribution in [1.82, 2.24) is 5.32 Å². The second-order valence-corrected chi connectivity index (χ2v) is 5.46. The quantitative estimate of drug-likeness (QED) is 0.704. The van der Waals surface area contributed by atoms with Gasteiger partial charge in [0, 0.05) is 44.0 Å². The predicted octanol–water partition coefficient (Wildman–Crippen LogP) is 3.70. The van der Waals surface area contributed by atoms with Crippen LogP contribution in [0, 0.1) is 0 Å². The van der Waals surface area contributed by atoms with Crippen molar-refractivity contribution in [2.45, 2.75) is 39.3 Å². The molecule has 0 amide bonds.